The van der Waals surface area contributed by atoms with E-state index in [1.165, 1.54) is 6.33 Å². The predicted octanol–water partition coefficient (Wildman–Crippen LogP) is -0.247. The molecule has 12 nitrogen and oxygen atoms in total. The molecule has 2 aliphatic heterocycles. The average molecular weight is 399 g/mol. The molecule has 4 rings (SSSR count). The van der Waals surface area contributed by atoms with Gasteiger partial charge in [-0.3, -0.25) is 14.3 Å². The van der Waals surface area contributed by atoms with Crippen LogP contribution in [0.25, 0.3) is 11.2 Å². The molecule has 0 aliphatic carbocycles. The second-order valence-electron chi connectivity index (χ2n) is 6.23. The van der Waals surface area contributed by atoms with Gasteiger partial charge in [0.25, 0.3) is 5.56 Å². The number of carbonyl (C=O) groups is 1. The smallest absolute Gasteiger partial charge is 0.328 e. The van der Waals surface area contributed by atoms with E-state index in [1.807, 2.05) is 0 Å². The molecule has 0 spiro atoms. The van der Waals surface area contributed by atoms with Crippen molar-refractivity contribution in [2.75, 3.05) is 18.5 Å². The van der Waals surface area contributed by atoms with Crippen molar-refractivity contribution in [1.29, 1.82) is 0 Å². The maximum absolute atomic E-state index is 12.3. The van der Waals surface area contributed by atoms with Gasteiger partial charge in [0, 0.05) is 6.42 Å². The van der Waals surface area contributed by atoms with E-state index in [0.29, 0.717) is 31.5 Å². The monoisotopic (exact) mass is 399 g/mol. The van der Waals surface area contributed by atoms with Crippen LogP contribution >= 0.6 is 8.60 Å². The van der Waals surface area contributed by atoms with Crippen molar-refractivity contribution in [3.05, 3.63) is 16.7 Å². The third-order valence-electron chi connectivity index (χ3n) is 4.45. The largest absolute Gasteiger partial charge is 0.464 e. The second-order valence-corrected chi connectivity index (χ2v) is 6.99. The lowest BCUT2D eigenvalue weighted by Gasteiger charge is -2.16. The summed E-state index contributed by atoms with van der Waals surface area (Å²) in [5, 5.41) is 2.88. The number of anilines is 1. The fourth-order valence-electron chi connectivity index (χ4n) is 3.16. The minimum absolute atomic E-state index is 0.0619. The average Bonchev–Trinajstić information content (AvgIpc) is 3.33. The quantitative estimate of drug-likeness (QED) is 0.377. The zero-order valence-corrected chi connectivity index (χ0v) is 15.0. The number of carbonyl (C=O) groups excluding carboxylic acids is 1. The number of hydrogen-bond acceptors (Lipinski definition) is 10. The number of fused-ring (bicyclic) bond motifs is 1. The lowest BCUT2D eigenvalue weighted by atomic mass is 10.2. The minimum Gasteiger partial charge on any atom is -0.464 e. The molecule has 4 heterocycles. The Morgan fingerprint density at radius 2 is 2.22 bits per heavy atom. The van der Waals surface area contributed by atoms with Crippen LogP contribution in [0.1, 0.15) is 25.5 Å². The Hall–Kier alpha value is -2.11. The summed E-state index contributed by atoms with van der Waals surface area (Å²) >= 11 is 0. The van der Waals surface area contributed by atoms with Gasteiger partial charge in [-0.25, -0.2) is 9.78 Å². The first kappa shape index (κ1) is 18.3. The van der Waals surface area contributed by atoms with Crippen molar-refractivity contribution in [3.8, 4) is 0 Å². The highest BCUT2D eigenvalue weighted by Crippen LogP contribution is 2.33. The standard InChI is InChI=1S/C14H18N5O7P/c20-12-10-11(17-14(18-12)16-8-3-4-24-13(8)21)19(6-15-10)9-2-1-7(26-9)5-25-27(22)23/h6-9,22-23H,1-5H2,(H2,16,17,18,20). The SMILES string of the molecule is O=C1OCCC1Nc1nc2c(ncn2C2CCC(COP(O)O)O2)c(=O)[nH]1. The number of aromatic amines is 1. The molecule has 4 N–H and O–H groups in total. The molecule has 0 bridgehead atoms. The number of esters is 1. The topological polar surface area (TPSA) is 161 Å². The van der Waals surface area contributed by atoms with Crippen molar-refractivity contribution in [3.63, 3.8) is 0 Å². The molecule has 146 valence electrons. The number of H-pyrrole nitrogens is 1. The Morgan fingerprint density at radius 3 is 2.96 bits per heavy atom. The van der Waals surface area contributed by atoms with Gasteiger partial charge < -0.3 is 29.1 Å². The molecule has 0 aromatic carbocycles. The summed E-state index contributed by atoms with van der Waals surface area (Å²) in [7, 11) is -2.43. The number of imidazole rings is 1. The summed E-state index contributed by atoms with van der Waals surface area (Å²) < 4.78 is 17.2. The highest BCUT2D eigenvalue weighted by molar-refractivity contribution is 7.39. The van der Waals surface area contributed by atoms with Crippen LogP contribution in [0.5, 0.6) is 0 Å². The van der Waals surface area contributed by atoms with Crippen LogP contribution in [0, 0.1) is 0 Å². The molecule has 27 heavy (non-hydrogen) atoms. The predicted molar refractivity (Wildman–Crippen MR) is 91.6 cm³/mol. The van der Waals surface area contributed by atoms with Gasteiger partial charge in [0.15, 0.2) is 11.2 Å². The molecule has 0 saturated carbocycles. The van der Waals surface area contributed by atoms with Crippen molar-refractivity contribution in [1.82, 2.24) is 19.5 Å². The summed E-state index contributed by atoms with van der Waals surface area (Å²) in [5.74, 6) is -0.233. The summed E-state index contributed by atoms with van der Waals surface area (Å²) in [6.07, 6.45) is 2.52. The molecule has 2 saturated heterocycles. The third kappa shape index (κ3) is 3.80. The van der Waals surface area contributed by atoms with Crippen molar-refractivity contribution >= 4 is 31.7 Å². The van der Waals surface area contributed by atoms with E-state index in [1.54, 1.807) is 4.57 Å². The van der Waals surface area contributed by atoms with Gasteiger partial charge in [-0.05, 0) is 12.8 Å². The fraction of sp³-hybridized carbons (Fsp3) is 0.571. The molecule has 13 heteroatoms. The number of ether oxygens (including phenoxy) is 2. The lowest BCUT2D eigenvalue weighted by Crippen LogP contribution is -2.27. The number of nitrogens with zero attached hydrogens (tertiary/aromatic N) is 3. The van der Waals surface area contributed by atoms with E-state index in [4.69, 9.17) is 23.8 Å². The van der Waals surface area contributed by atoms with E-state index in [0.717, 1.165) is 0 Å². The molecule has 2 fully saturated rings. The van der Waals surface area contributed by atoms with Crippen LogP contribution in [-0.2, 0) is 18.8 Å². The molecule has 3 unspecified atom stereocenters. The fourth-order valence-corrected chi connectivity index (χ4v) is 3.46. The van der Waals surface area contributed by atoms with E-state index >= 15 is 0 Å². The summed E-state index contributed by atoms with van der Waals surface area (Å²) in [5.41, 5.74) is 0.0505. The minimum atomic E-state index is -2.43. The van der Waals surface area contributed by atoms with Gasteiger partial charge in [-0.1, -0.05) is 0 Å². The summed E-state index contributed by atoms with van der Waals surface area (Å²) in [6, 6.07) is -0.557. The van der Waals surface area contributed by atoms with E-state index in [2.05, 4.69) is 20.3 Å². The van der Waals surface area contributed by atoms with Crippen LogP contribution in [0.4, 0.5) is 5.95 Å². The number of rotatable bonds is 6. The number of aromatic nitrogens is 4. The van der Waals surface area contributed by atoms with Gasteiger partial charge in [0.05, 0.1) is 25.6 Å². The normalized spacial score (nSPS) is 25.4. The van der Waals surface area contributed by atoms with Gasteiger partial charge in [0.1, 0.15) is 12.3 Å². The van der Waals surface area contributed by atoms with Crippen molar-refractivity contribution in [2.24, 2.45) is 0 Å². The first-order valence-electron chi connectivity index (χ1n) is 8.37. The summed E-state index contributed by atoms with van der Waals surface area (Å²) in [4.78, 5) is 52.6. The van der Waals surface area contributed by atoms with Crippen molar-refractivity contribution in [2.45, 2.75) is 37.6 Å². The molecule has 2 aliphatic rings. The molecule has 2 aromatic rings. The van der Waals surface area contributed by atoms with Crippen LogP contribution < -0.4 is 10.9 Å². The number of hydrogen-bond donors (Lipinski definition) is 4. The highest BCUT2D eigenvalue weighted by Gasteiger charge is 2.30. The lowest BCUT2D eigenvalue weighted by molar-refractivity contribution is -0.138. The van der Waals surface area contributed by atoms with Crippen LogP contribution in [-0.4, -0.2) is 60.6 Å². The zero-order chi connectivity index (χ0) is 19.0. The maximum Gasteiger partial charge on any atom is 0.328 e. The number of cyclic esters (lactones) is 1. The Bertz CT molecular complexity index is 900. The van der Waals surface area contributed by atoms with Crippen molar-refractivity contribution < 1.29 is 28.6 Å². The molecule has 0 radical (unpaired) electrons. The maximum atomic E-state index is 12.3. The van der Waals surface area contributed by atoms with Crippen LogP contribution in [0.3, 0.4) is 0 Å². The van der Waals surface area contributed by atoms with E-state index in [9.17, 15) is 9.59 Å². The Labute approximate surface area is 153 Å². The Morgan fingerprint density at radius 1 is 1.37 bits per heavy atom. The van der Waals surface area contributed by atoms with E-state index < -0.39 is 26.4 Å². The third-order valence-corrected chi connectivity index (χ3v) is 4.83. The number of nitrogens with one attached hydrogen (secondary N) is 2. The molecule has 0 amide bonds. The molecular weight excluding hydrogens is 381 g/mol. The van der Waals surface area contributed by atoms with Crippen LogP contribution in [0.2, 0.25) is 0 Å². The first-order valence-corrected chi connectivity index (χ1v) is 9.54. The molecule has 3 atom stereocenters. The second kappa shape index (κ2) is 7.49. The zero-order valence-electron chi connectivity index (χ0n) is 14.1. The molecule has 2 aromatic heterocycles. The van der Waals surface area contributed by atoms with Gasteiger partial charge >= 0.3 is 14.6 Å². The van der Waals surface area contributed by atoms with Gasteiger partial charge in [-0.2, -0.15) is 4.98 Å². The first-order chi connectivity index (χ1) is 13.0. The van der Waals surface area contributed by atoms with Gasteiger partial charge in [0.2, 0.25) is 5.95 Å². The summed E-state index contributed by atoms with van der Waals surface area (Å²) in [6.45, 7) is 0.386. The van der Waals surface area contributed by atoms with E-state index in [-0.39, 0.29) is 30.1 Å². The highest BCUT2D eigenvalue weighted by atomic mass is 31.2. The van der Waals surface area contributed by atoms with Gasteiger partial charge in [-0.15, -0.1) is 0 Å². The molecular formula is C14H18N5O7P. The Balaban J connectivity index is 1.55. The van der Waals surface area contributed by atoms with Crippen LogP contribution in [0.15, 0.2) is 11.1 Å². The Kier molecular flexibility index (Phi) is 5.06.